The van der Waals surface area contributed by atoms with Gasteiger partial charge in [0.25, 0.3) is 0 Å². The molecule has 0 spiro atoms. The lowest BCUT2D eigenvalue weighted by atomic mass is 10.0. The first kappa shape index (κ1) is 14.9. The van der Waals surface area contributed by atoms with E-state index in [4.69, 9.17) is 4.74 Å². The molecule has 3 aromatic carbocycles. The number of ether oxygens (including phenoxy) is 1. The van der Waals surface area contributed by atoms with Crippen molar-refractivity contribution in [2.75, 3.05) is 7.11 Å². The monoisotopic (exact) mass is 304 g/mol. The second-order valence-corrected chi connectivity index (χ2v) is 5.15. The van der Waals surface area contributed by atoms with Crippen LogP contribution in [0.15, 0.2) is 66.7 Å². The first-order valence-corrected chi connectivity index (χ1v) is 7.26. The zero-order valence-electron chi connectivity index (χ0n) is 12.7. The van der Waals surface area contributed by atoms with Crippen LogP contribution in [-0.2, 0) is 0 Å². The van der Waals surface area contributed by atoms with Crippen molar-refractivity contribution in [2.24, 2.45) is 0 Å². The van der Waals surface area contributed by atoms with E-state index < -0.39 is 0 Å². The van der Waals surface area contributed by atoms with Crippen LogP contribution in [0.1, 0.15) is 15.9 Å². The number of hydrogen-bond donors (Lipinski definition) is 1. The molecule has 0 atom stereocenters. The minimum absolute atomic E-state index is 0.0208. The molecule has 3 rings (SSSR count). The highest BCUT2D eigenvalue weighted by atomic mass is 16.5. The summed E-state index contributed by atoms with van der Waals surface area (Å²) in [4.78, 5) is 12.3. The predicted octanol–water partition coefficient (Wildman–Crippen LogP) is 4.45. The van der Waals surface area contributed by atoms with Gasteiger partial charge in [-0.2, -0.15) is 0 Å². The number of benzene rings is 3. The number of rotatable bonds is 4. The van der Waals surface area contributed by atoms with E-state index in [1.165, 1.54) is 6.08 Å². The lowest BCUT2D eigenvalue weighted by Gasteiger charge is -2.05. The molecule has 23 heavy (non-hydrogen) atoms. The number of phenolic OH excluding ortho intramolecular Hbond substituents is 1. The summed E-state index contributed by atoms with van der Waals surface area (Å²) in [5.74, 6) is 0.553. The van der Waals surface area contributed by atoms with Gasteiger partial charge in [0.1, 0.15) is 11.5 Å². The van der Waals surface area contributed by atoms with Gasteiger partial charge in [0.15, 0.2) is 5.78 Å². The molecule has 3 heteroatoms. The Kier molecular flexibility index (Phi) is 4.11. The third-order valence-corrected chi connectivity index (χ3v) is 3.71. The van der Waals surface area contributed by atoms with Crippen LogP contribution >= 0.6 is 0 Å². The van der Waals surface area contributed by atoms with Gasteiger partial charge in [-0.1, -0.05) is 48.5 Å². The maximum atomic E-state index is 12.3. The highest BCUT2D eigenvalue weighted by Crippen LogP contribution is 2.29. The summed E-state index contributed by atoms with van der Waals surface area (Å²) < 4.78 is 5.10. The van der Waals surface area contributed by atoms with Crippen LogP contribution in [0.4, 0.5) is 0 Å². The van der Waals surface area contributed by atoms with E-state index in [1.54, 1.807) is 25.3 Å². The average molecular weight is 304 g/mol. The summed E-state index contributed by atoms with van der Waals surface area (Å²) in [6, 6.07) is 18.3. The number of phenols is 1. The van der Waals surface area contributed by atoms with Crippen LogP contribution < -0.4 is 4.74 Å². The van der Waals surface area contributed by atoms with Crippen LogP contribution in [-0.4, -0.2) is 18.0 Å². The molecule has 0 heterocycles. The van der Waals surface area contributed by atoms with E-state index in [9.17, 15) is 9.90 Å². The third-order valence-electron chi connectivity index (χ3n) is 3.71. The molecule has 0 saturated carbocycles. The van der Waals surface area contributed by atoms with Crippen molar-refractivity contribution in [3.05, 3.63) is 77.9 Å². The lowest BCUT2D eigenvalue weighted by molar-refractivity contribution is 0.104. The van der Waals surface area contributed by atoms with Gasteiger partial charge < -0.3 is 9.84 Å². The number of aromatic hydroxyl groups is 1. The zero-order chi connectivity index (χ0) is 16.2. The van der Waals surface area contributed by atoms with Crippen LogP contribution in [0.25, 0.3) is 16.8 Å². The van der Waals surface area contributed by atoms with E-state index >= 15 is 0 Å². The molecule has 0 aliphatic heterocycles. The summed E-state index contributed by atoms with van der Waals surface area (Å²) in [5.41, 5.74) is 1.19. The Balaban J connectivity index is 1.88. The predicted molar refractivity (Wildman–Crippen MR) is 92.0 cm³/mol. The standard InChI is InChI=1S/C20H16O3/c1-23-16-10-6-14(7-11-16)8-13-19(21)18-12-9-15-4-2-3-5-17(15)20(18)22/h2-13,22H,1H3. The summed E-state index contributed by atoms with van der Waals surface area (Å²) in [5, 5.41) is 11.9. The minimum Gasteiger partial charge on any atom is -0.507 e. The van der Waals surface area contributed by atoms with Gasteiger partial charge in [0, 0.05) is 5.39 Å². The number of ketones is 1. The van der Waals surface area contributed by atoms with Gasteiger partial charge in [-0.25, -0.2) is 0 Å². The van der Waals surface area contributed by atoms with Gasteiger partial charge >= 0.3 is 0 Å². The number of allylic oxidation sites excluding steroid dienone is 1. The quantitative estimate of drug-likeness (QED) is 0.572. The Morgan fingerprint density at radius 2 is 1.74 bits per heavy atom. The number of carbonyl (C=O) groups excluding carboxylic acids is 1. The van der Waals surface area contributed by atoms with Gasteiger partial charge in [-0.3, -0.25) is 4.79 Å². The first-order chi connectivity index (χ1) is 11.2. The molecule has 3 nitrogen and oxygen atoms in total. The Hall–Kier alpha value is -3.07. The molecular formula is C20H16O3. The van der Waals surface area contributed by atoms with Crippen molar-refractivity contribution in [2.45, 2.75) is 0 Å². The minimum atomic E-state index is -0.232. The Bertz CT molecular complexity index is 877. The molecule has 0 amide bonds. The molecule has 0 aromatic heterocycles. The molecule has 3 aromatic rings. The maximum absolute atomic E-state index is 12.3. The topological polar surface area (TPSA) is 46.5 Å². The largest absolute Gasteiger partial charge is 0.507 e. The number of methoxy groups -OCH3 is 1. The molecule has 0 radical (unpaired) electrons. The third kappa shape index (κ3) is 3.09. The molecule has 1 N–H and O–H groups in total. The van der Waals surface area contributed by atoms with Gasteiger partial charge in [-0.15, -0.1) is 0 Å². The summed E-state index contributed by atoms with van der Waals surface area (Å²) in [6.45, 7) is 0. The fourth-order valence-electron chi connectivity index (χ4n) is 2.43. The van der Waals surface area contributed by atoms with E-state index in [-0.39, 0.29) is 11.5 Å². The number of fused-ring (bicyclic) bond motifs is 1. The molecule has 0 bridgehead atoms. The maximum Gasteiger partial charge on any atom is 0.189 e. The molecule has 0 aliphatic rings. The van der Waals surface area contributed by atoms with Gasteiger partial charge in [0.2, 0.25) is 0 Å². The lowest BCUT2D eigenvalue weighted by Crippen LogP contribution is -1.95. The normalized spacial score (nSPS) is 11.0. The van der Waals surface area contributed by atoms with Crippen molar-refractivity contribution in [1.82, 2.24) is 0 Å². The Labute approximate surface area is 134 Å². The SMILES string of the molecule is COc1ccc(C=CC(=O)c2ccc3ccccc3c2O)cc1. The van der Waals surface area contributed by atoms with E-state index in [2.05, 4.69) is 0 Å². The average Bonchev–Trinajstić information content (AvgIpc) is 2.60. The molecule has 0 fully saturated rings. The van der Waals surface area contributed by atoms with Crippen molar-refractivity contribution in [1.29, 1.82) is 0 Å². The molecule has 114 valence electrons. The van der Waals surface area contributed by atoms with Crippen LogP contribution in [0.3, 0.4) is 0 Å². The summed E-state index contributed by atoms with van der Waals surface area (Å²) in [6.07, 6.45) is 3.18. The number of hydrogen-bond acceptors (Lipinski definition) is 3. The van der Waals surface area contributed by atoms with Crippen molar-refractivity contribution < 1.29 is 14.6 Å². The molecule has 0 unspecified atom stereocenters. The highest BCUT2D eigenvalue weighted by Gasteiger charge is 2.11. The van der Waals surface area contributed by atoms with Crippen molar-refractivity contribution >= 4 is 22.6 Å². The second-order valence-electron chi connectivity index (χ2n) is 5.15. The first-order valence-electron chi connectivity index (χ1n) is 7.26. The van der Waals surface area contributed by atoms with Crippen molar-refractivity contribution in [3.8, 4) is 11.5 Å². The molecular weight excluding hydrogens is 288 g/mol. The zero-order valence-corrected chi connectivity index (χ0v) is 12.7. The second kappa shape index (κ2) is 6.36. The number of carbonyl (C=O) groups is 1. The van der Waals surface area contributed by atoms with Crippen LogP contribution in [0, 0.1) is 0 Å². The Morgan fingerprint density at radius 1 is 1.00 bits per heavy atom. The highest BCUT2D eigenvalue weighted by molar-refractivity contribution is 6.11. The fourth-order valence-corrected chi connectivity index (χ4v) is 2.43. The van der Waals surface area contributed by atoms with Crippen LogP contribution in [0.2, 0.25) is 0 Å². The van der Waals surface area contributed by atoms with E-state index in [0.717, 1.165) is 16.7 Å². The molecule has 0 aliphatic carbocycles. The smallest absolute Gasteiger partial charge is 0.189 e. The Morgan fingerprint density at radius 3 is 2.48 bits per heavy atom. The fraction of sp³-hybridized carbons (Fsp3) is 0.0500. The van der Waals surface area contributed by atoms with Crippen molar-refractivity contribution in [3.63, 3.8) is 0 Å². The van der Waals surface area contributed by atoms with E-state index in [1.807, 2.05) is 48.5 Å². The summed E-state index contributed by atoms with van der Waals surface area (Å²) in [7, 11) is 1.61. The van der Waals surface area contributed by atoms with E-state index in [0.29, 0.717) is 10.9 Å². The van der Waals surface area contributed by atoms with Gasteiger partial charge in [-0.05, 0) is 35.2 Å². The van der Waals surface area contributed by atoms with Crippen LogP contribution in [0.5, 0.6) is 11.5 Å². The van der Waals surface area contributed by atoms with Gasteiger partial charge in [0.05, 0.1) is 12.7 Å². The summed E-state index contributed by atoms with van der Waals surface area (Å²) >= 11 is 0. The molecule has 0 saturated heterocycles.